The molecule has 1 aromatic carbocycles. The Morgan fingerprint density at radius 2 is 2.22 bits per heavy atom. The van der Waals surface area contributed by atoms with Crippen molar-refractivity contribution in [2.45, 2.75) is 19.4 Å². The van der Waals surface area contributed by atoms with Crippen molar-refractivity contribution in [3.63, 3.8) is 0 Å². The molecule has 5 nitrogen and oxygen atoms in total. The maximum Gasteiger partial charge on any atom is 0.319 e. The van der Waals surface area contributed by atoms with E-state index in [0.717, 1.165) is 0 Å². The van der Waals surface area contributed by atoms with Gasteiger partial charge in [-0.1, -0.05) is 6.07 Å². The van der Waals surface area contributed by atoms with Crippen LogP contribution in [0.4, 0.5) is 16.2 Å². The molecule has 1 rings (SSSR count). The van der Waals surface area contributed by atoms with Crippen LogP contribution < -0.4 is 16.4 Å². The van der Waals surface area contributed by atoms with Gasteiger partial charge in [-0.3, -0.25) is 4.21 Å². The van der Waals surface area contributed by atoms with E-state index in [9.17, 15) is 9.00 Å². The monoisotopic (exact) mass is 269 g/mol. The molecule has 0 radical (unpaired) electrons. The Kier molecular flexibility index (Phi) is 5.64. The molecule has 0 spiro atoms. The fourth-order valence-corrected chi connectivity index (χ4v) is 2.11. The van der Waals surface area contributed by atoms with E-state index in [4.69, 9.17) is 5.73 Å². The summed E-state index contributed by atoms with van der Waals surface area (Å²) >= 11 is 0. The number of rotatable bonds is 5. The highest BCUT2D eigenvalue weighted by Gasteiger charge is 2.08. The molecule has 100 valence electrons. The summed E-state index contributed by atoms with van der Waals surface area (Å²) in [6.45, 7) is 1.88. The third-order valence-electron chi connectivity index (χ3n) is 2.36. The largest absolute Gasteiger partial charge is 0.399 e. The molecule has 0 aromatic heterocycles. The second-order valence-corrected chi connectivity index (χ2v) is 5.75. The molecule has 0 aliphatic carbocycles. The van der Waals surface area contributed by atoms with Crippen molar-refractivity contribution in [1.82, 2.24) is 5.32 Å². The summed E-state index contributed by atoms with van der Waals surface area (Å²) in [5.41, 5.74) is 6.86. The lowest BCUT2D eigenvalue weighted by Gasteiger charge is -2.14. The minimum atomic E-state index is -0.830. The number of nitrogen functional groups attached to an aromatic ring is 1. The molecule has 0 saturated heterocycles. The van der Waals surface area contributed by atoms with Gasteiger partial charge in [0.15, 0.2) is 0 Å². The summed E-state index contributed by atoms with van der Waals surface area (Å²) in [5, 5.41) is 5.47. The molecule has 6 heteroatoms. The van der Waals surface area contributed by atoms with Crippen LogP contribution in [0.15, 0.2) is 24.3 Å². The van der Waals surface area contributed by atoms with E-state index in [1.54, 1.807) is 30.5 Å². The average molecular weight is 269 g/mol. The highest BCUT2D eigenvalue weighted by atomic mass is 32.2. The molecule has 0 bridgehead atoms. The summed E-state index contributed by atoms with van der Waals surface area (Å²) in [6.07, 6.45) is 2.34. The predicted octanol–water partition coefficient (Wildman–Crippen LogP) is 1.55. The first kappa shape index (κ1) is 14.5. The molecule has 0 saturated carbocycles. The van der Waals surface area contributed by atoms with Crippen LogP contribution in [0.2, 0.25) is 0 Å². The van der Waals surface area contributed by atoms with Gasteiger partial charge in [-0.2, -0.15) is 0 Å². The third-order valence-corrected chi connectivity index (χ3v) is 3.17. The normalized spacial score (nSPS) is 13.7. The van der Waals surface area contributed by atoms with Crippen LogP contribution in [-0.2, 0) is 10.8 Å². The maximum atomic E-state index is 11.6. The van der Waals surface area contributed by atoms with E-state index in [-0.39, 0.29) is 12.1 Å². The second-order valence-electron chi connectivity index (χ2n) is 4.19. The highest BCUT2D eigenvalue weighted by molar-refractivity contribution is 7.84. The van der Waals surface area contributed by atoms with Gasteiger partial charge >= 0.3 is 6.03 Å². The Balaban J connectivity index is 2.39. The van der Waals surface area contributed by atoms with Gasteiger partial charge in [0.25, 0.3) is 0 Å². The van der Waals surface area contributed by atoms with Crippen LogP contribution in [-0.4, -0.2) is 28.3 Å². The fourth-order valence-electron chi connectivity index (χ4n) is 1.42. The highest BCUT2D eigenvalue weighted by Crippen LogP contribution is 2.11. The van der Waals surface area contributed by atoms with Gasteiger partial charge in [-0.15, -0.1) is 0 Å². The van der Waals surface area contributed by atoms with Crippen LogP contribution in [0.3, 0.4) is 0 Å². The third kappa shape index (κ3) is 5.67. The van der Waals surface area contributed by atoms with Crippen LogP contribution >= 0.6 is 0 Å². The van der Waals surface area contributed by atoms with Gasteiger partial charge < -0.3 is 16.4 Å². The van der Waals surface area contributed by atoms with E-state index in [2.05, 4.69) is 10.6 Å². The van der Waals surface area contributed by atoms with Crippen LogP contribution in [0.5, 0.6) is 0 Å². The molecule has 0 aliphatic heterocycles. The molecule has 0 heterocycles. The smallest absolute Gasteiger partial charge is 0.319 e. The molecule has 2 amide bonds. The average Bonchev–Trinajstić information content (AvgIpc) is 2.26. The minimum absolute atomic E-state index is 0.0186. The first-order valence-corrected chi connectivity index (χ1v) is 7.43. The van der Waals surface area contributed by atoms with Crippen molar-refractivity contribution in [3.8, 4) is 0 Å². The summed E-state index contributed by atoms with van der Waals surface area (Å²) in [4.78, 5) is 11.6. The Morgan fingerprint density at radius 3 is 2.83 bits per heavy atom. The molecule has 4 N–H and O–H groups in total. The zero-order valence-corrected chi connectivity index (χ0v) is 11.4. The van der Waals surface area contributed by atoms with Crippen LogP contribution in [0, 0.1) is 0 Å². The van der Waals surface area contributed by atoms with Crippen LogP contribution in [0.1, 0.15) is 13.3 Å². The van der Waals surface area contributed by atoms with Crippen molar-refractivity contribution in [2.24, 2.45) is 0 Å². The van der Waals surface area contributed by atoms with Gasteiger partial charge in [0.1, 0.15) is 0 Å². The lowest BCUT2D eigenvalue weighted by molar-refractivity contribution is 0.249. The number of carbonyl (C=O) groups excluding carboxylic acids is 1. The molecule has 1 aromatic rings. The first-order chi connectivity index (χ1) is 8.47. The molecule has 18 heavy (non-hydrogen) atoms. The molecular weight excluding hydrogens is 250 g/mol. The van der Waals surface area contributed by atoms with E-state index >= 15 is 0 Å². The molecular formula is C12H19N3O2S. The number of nitrogens with one attached hydrogen (secondary N) is 2. The number of benzene rings is 1. The van der Waals surface area contributed by atoms with Gasteiger partial charge in [0.2, 0.25) is 0 Å². The van der Waals surface area contributed by atoms with Gasteiger partial charge in [-0.25, -0.2) is 4.79 Å². The number of amides is 2. The Bertz CT molecular complexity index is 437. The summed E-state index contributed by atoms with van der Waals surface area (Å²) in [6, 6.07) is 6.68. The Labute approximate surface area is 110 Å². The molecule has 2 atom stereocenters. The van der Waals surface area contributed by atoms with Crippen molar-refractivity contribution in [3.05, 3.63) is 24.3 Å². The first-order valence-electron chi connectivity index (χ1n) is 5.70. The molecule has 0 aliphatic rings. The van der Waals surface area contributed by atoms with Crippen molar-refractivity contribution >= 4 is 28.2 Å². The van der Waals surface area contributed by atoms with Crippen LogP contribution in [0.25, 0.3) is 0 Å². The van der Waals surface area contributed by atoms with Gasteiger partial charge in [-0.05, 0) is 31.5 Å². The van der Waals surface area contributed by atoms with E-state index in [0.29, 0.717) is 23.5 Å². The van der Waals surface area contributed by atoms with Gasteiger partial charge in [0.05, 0.1) is 0 Å². The minimum Gasteiger partial charge on any atom is -0.399 e. The van der Waals surface area contributed by atoms with Crippen molar-refractivity contribution < 1.29 is 9.00 Å². The fraction of sp³-hybridized carbons (Fsp3) is 0.417. The Morgan fingerprint density at radius 1 is 1.50 bits per heavy atom. The zero-order chi connectivity index (χ0) is 13.5. The zero-order valence-electron chi connectivity index (χ0n) is 10.6. The van der Waals surface area contributed by atoms with E-state index in [1.807, 2.05) is 6.92 Å². The second kappa shape index (κ2) is 7.00. The maximum absolute atomic E-state index is 11.6. The van der Waals surface area contributed by atoms with Crippen molar-refractivity contribution in [1.29, 1.82) is 0 Å². The number of carbonyl (C=O) groups is 1. The summed E-state index contributed by atoms with van der Waals surface area (Å²) < 4.78 is 10.9. The number of hydrogen-bond acceptors (Lipinski definition) is 3. The summed E-state index contributed by atoms with van der Waals surface area (Å²) in [5.74, 6) is 0.583. The standard InChI is InChI=1S/C12H19N3O2S/c1-9(6-7-18(2)17)14-12(16)15-11-5-3-4-10(13)8-11/h3-5,8-9H,6-7,13H2,1-2H3,(H2,14,15,16). The van der Waals surface area contributed by atoms with Crippen molar-refractivity contribution in [2.75, 3.05) is 23.1 Å². The van der Waals surface area contributed by atoms with E-state index in [1.165, 1.54) is 0 Å². The number of hydrogen-bond donors (Lipinski definition) is 3. The SMILES string of the molecule is CC(CCS(C)=O)NC(=O)Nc1cccc(N)c1. The number of nitrogens with two attached hydrogens (primary N) is 1. The van der Waals surface area contributed by atoms with E-state index < -0.39 is 10.8 Å². The lowest BCUT2D eigenvalue weighted by atomic mass is 10.2. The lowest BCUT2D eigenvalue weighted by Crippen LogP contribution is -2.36. The molecule has 0 fully saturated rings. The topological polar surface area (TPSA) is 84.2 Å². The quantitative estimate of drug-likeness (QED) is 0.709. The Hall–Kier alpha value is -1.56. The number of urea groups is 1. The number of anilines is 2. The molecule has 2 unspecified atom stereocenters. The predicted molar refractivity (Wildman–Crippen MR) is 76.0 cm³/mol. The summed E-state index contributed by atoms with van der Waals surface area (Å²) in [7, 11) is -0.830. The van der Waals surface area contributed by atoms with Gasteiger partial charge in [0, 0.05) is 40.2 Å².